The Labute approximate surface area is 293 Å². The van der Waals surface area contributed by atoms with E-state index in [1.807, 2.05) is 5.32 Å². The lowest BCUT2D eigenvalue weighted by atomic mass is 10.00. The van der Waals surface area contributed by atoms with Crippen molar-refractivity contribution < 1.29 is 86.3 Å². The molecule has 0 unspecified atom stereocenters. The van der Waals surface area contributed by atoms with Crippen LogP contribution in [0.4, 0.5) is 43.9 Å². The summed E-state index contributed by atoms with van der Waals surface area (Å²) < 4.78 is 134. The molecule has 288 valence electrons. The van der Waals surface area contributed by atoms with E-state index in [-0.39, 0.29) is 41.8 Å². The summed E-state index contributed by atoms with van der Waals surface area (Å²) in [5, 5.41) is 10.9. The first-order valence-corrected chi connectivity index (χ1v) is 15.5. The standard InChI is InChI=1S/C16H18F5NO2.C9H15F2NO2.C8H5F3O.ClH/c17-15(18,8-10-6-7-10)9-12(14(23)24)22-13(16(19,20)21)11-4-2-1-3-5-11;1-14-8(13)7(12)5-9(10,11)4-6-2-3-6;9-8(10,11)7(12)6-4-2-1-3-5-6;/h1-5,10,12-13,22H,6-9H2,(H,23,24);6-7H,2-5,12H2,1H3;1-5H;1H/t12-,13-;7-;;/m00../s1. The van der Waals surface area contributed by atoms with Gasteiger partial charge in [0.1, 0.15) is 12.1 Å². The SMILES string of the molecule is COC(=O)[C@@H]([NH3+])CC(F)(F)CC1CC1.O=C(O)[C@H](CC(F)(F)CC1CC1)N[C@@H](c1ccccc1)C(F)(F)F.O=C(c1ccccc1)C(F)(F)F.[Cl-]. The molecule has 5 N–H and O–H groups in total. The number of esters is 1. The second kappa shape index (κ2) is 19.4. The highest BCUT2D eigenvalue weighted by Crippen LogP contribution is 2.42. The van der Waals surface area contributed by atoms with E-state index in [0.29, 0.717) is 12.8 Å². The highest BCUT2D eigenvalue weighted by molar-refractivity contribution is 6.00. The van der Waals surface area contributed by atoms with E-state index in [4.69, 9.17) is 5.11 Å². The van der Waals surface area contributed by atoms with Gasteiger partial charge in [0.2, 0.25) is 0 Å². The van der Waals surface area contributed by atoms with Crippen LogP contribution < -0.4 is 23.5 Å². The fourth-order valence-electron chi connectivity index (χ4n) is 4.76. The molecule has 2 saturated carbocycles. The lowest BCUT2D eigenvalue weighted by Gasteiger charge is -2.28. The van der Waals surface area contributed by atoms with E-state index in [2.05, 4.69) is 10.5 Å². The molecule has 0 amide bonds. The van der Waals surface area contributed by atoms with Crippen molar-refractivity contribution >= 4 is 17.7 Å². The Morgan fingerprint density at radius 1 is 0.784 bits per heavy atom. The summed E-state index contributed by atoms with van der Waals surface area (Å²) in [4.78, 5) is 32.6. The molecule has 2 fully saturated rings. The minimum Gasteiger partial charge on any atom is -1.00 e. The molecule has 2 aliphatic carbocycles. The highest BCUT2D eigenvalue weighted by atomic mass is 35.5. The number of ether oxygens (including phenoxy) is 1. The first-order valence-electron chi connectivity index (χ1n) is 15.5. The number of quaternary nitrogens is 1. The van der Waals surface area contributed by atoms with Crippen molar-refractivity contribution in [1.82, 2.24) is 5.32 Å². The lowest BCUT2D eigenvalue weighted by Crippen LogP contribution is -3.00. The molecule has 0 radical (unpaired) electrons. The summed E-state index contributed by atoms with van der Waals surface area (Å²) in [5.41, 5.74) is 2.82. The first-order chi connectivity index (χ1) is 23.0. The van der Waals surface area contributed by atoms with Gasteiger partial charge in [0.25, 0.3) is 17.6 Å². The van der Waals surface area contributed by atoms with Gasteiger partial charge < -0.3 is 28.0 Å². The Hall–Kier alpha value is -3.44. The van der Waals surface area contributed by atoms with E-state index >= 15 is 0 Å². The van der Waals surface area contributed by atoms with Crippen LogP contribution in [0.2, 0.25) is 0 Å². The Kier molecular flexibility index (Phi) is 17.3. The number of hydrogen-bond acceptors (Lipinski definition) is 5. The van der Waals surface area contributed by atoms with Gasteiger partial charge >= 0.3 is 24.3 Å². The number of alkyl halides is 10. The number of methoxy groups -OCH3 is 1. The number of ketones is 1. The van der Waals surface area contributed by atoms with Crippen molar-refractivity contribution in [2.24, 2.45) is 11.8 Å². The summed E-state index contributed by atoms with van der Waals surface area (Å²) >= 11 is 0. The van der Waals surface area contributed by atoms with Gasteiger partial charge in [-0.25, -0.2) is 22.4 Å². The molecule has 0 saturated heterocycles. The molecule has 4 rings (SSSR count). The third-order valence-corrected chi connectivity index (χ3v) is 7.57. The molecule has 3 atom stereocenters. The fourth-order valence-corrected chi connectivity index (χ4v) is 4.76. The average molecular weight is 769 g/mol. The number of carbonyl (C=O) groups is 3. The number of aliphatic carboxylic acids is 1. The molecule has 51 heavy (non-hydrogen) atoms. The molecule has 0 bridgehead atoms. The van der Waals surface area contributed by atoms with Crippen LogP contribution in [0.3, 0.4) is 0 Å². The van der Waals surface area contributed by atoms with E-state index < -0.39 is 79.3 Å². The Morgan fingerprint density at radius 2 is 1.22 bits per heavy atom. The molecule has 0 aliphatic heterocycles. The number of nitrogens with one attached hydrogen (secondary N) is 1. The third kappa shape index (κ3) is 17.6. The van der Waals surface area contributed by atoms with E-state index in [0.717, 1.165) is 25.0 Å². The van der Waals surface area contributed by atoms with Gasteiger partial charge in [-0.05, 0) is 43.1 Å². The quantitative estimate of drug-likeness (QED) is 0.151. The maximum atomic E-state index is 13.9. The average Bonchev–Trinajstić information content (AvgIpc) is 3.97. The van der Waals surface area contributed by atoms with E-state index in [1.54, 1.807) is 6.07 Å². The second-order valence-electron chi connectivity index (χ2n) is 12.3. The molecule has 0 heterocycles. The van der Waals surface area contributed by atoms with Crippen LogP contribution in [-0.4, -0.2) is 66.2 Å². The topological polar surface area (TPSA) is 120 Å². The maximum Gasteiger partial charge on any atom is 0.454 e. The fraction of sp³-hybridized carbons (Fsp3) is 0.545. The first kappa shape index (κ1) is 45.6. The Morgan fingerprint density at radius 3 is 1.59 bits per heavy atom. The molecule has 7 nitrogen and oxygen atoms in total. The van der Waals surface area contributed by atoms with E-state index in [1.165, 1.54) is 49.6 Å². The number of hydrogen-bond donors (Lipinski definition) is 3. The zero-order valence-corrected chi connectivity index (χ0v) is 28.0. The zero-order valence-electron chi connectivity index (χ0n) is 27.3. The van der Waals surface area contributed by atoms with Crippen LogP contribution in [0, 0.1) is 11.8 Å². The predicted molar refractivity (Wildman–Crippen MR) is 159 cm³/mol. The number of Topliss-reactive ketones (excluding diaryl/α,β-unsaturated/α-hetero) is 1. The molecule has 18 heteroatoms. The Balaban J connectivity index is 0.000000411. The molecule has 0 aromatic heterocycles. The van der Waals surface area contributed by atoms with Gasteiger partial charge in [-0.15, -0.1) is 0 Å². The van der Waals surface area contributed by atoms with Crippen molar-refractivity contribution in [2.75, 3.05) is 7.11 Å². The van der Waals surface area contributed by atoms with Crippen LogP contribution in [0.5, 0.6) is 0 Å². The Bertz CT molecular complexity index is 1370. The van der Waals surface area contributed by atoms with Gasteiger partial charge in [-0.1, -0.05) is 60.7 Å². The molecular weight excluding hydrogens is 730 g/mol. The molecule has 2 aromatic carbocycles. The minimum atomic E-state index is -4.80. The van der Waals surface area contributed by atoms with Gasteiger partial charge in [-0.2, -0.15) is 26.3 Å². The number of rotatable bonds is 14. The van der Waals surface area contributed by atoms with Gasteiger partial charge in [-0.3, -0.25) is 14.9 Å². The largest absolute Gasteiger partial charge is 1.00 e. The number of halogens is 11. The normalized spacial score (nSPS) is 16.5. The number of carboxylic acids is 1. The van der Waals surface area contributed by atoms with Crippen molar-refractivity contribution in [3.63, 3.8) is 0 Å². The van der Waals surface area contributed by atoms with Gasteiger partial charge in [0.15, 0.2) is 6.04 Å². The zero-order chi connectivity index (χ0) is 37.9. The summed E-state index contributed by atoms with van der Waals surface area (Å²) in [6.45, 7) is 0. The monoisotopic (exact) mass is 768 g/mol. The molecular formula is C33H39ClF10N2O5. The second-order valence-corrected chi connectivity index (χ2v) is 12.3. The maximum absolute atomic E-state index is 13.9. The van der Waals surface area contributed by atoms with Crippen LogP contribution in [-0.2, 0) is 14.3 Å². The smallest absolute Gasteiger partial charge is 0.454 e. The number of benzene rings is 2. The number of carboxylic acid groups (broad SMARTS) is 1. The van der Waals surface area contributed by atoms with Crippen LogP contribution in [0.25, 0.3) is 0 Å². The summed E-state index contributed by atoms with van der Waals surface area (Å²) in [5.74, 6) is -10.3. The summed E-state index contributed by atoms with van der Waals surface area (Å²) in [7, 11) is 1.18. The molecule has 2 aliphatic rings. The van der Waals surface area contributed by atoms with Crippen molar-refractivity contribution in [1.29, 1.82) is 0 Å². The number of carbonyl (C=O) groups excluding carboxylic acids is 2. The lowest BCUT2D eigenvalue weighted by molar-refractivity contribution is -0.416. The summed E-state index contributed by atoms with van der Waals surface area (Å²) in [6.07, 6.45) is -8.79. The molecule has 0 spiro atoms. The summed E-state index contributed by atoms with van der Waals surface area (Å²) in [6, 6.07) is 7.90. The molecule has 2 aromatic rings. The minimum absolute atomic E-state index is 0. The predicted octanol–water partition coefficient (Wildman–Crippen LogP) is 4.19. The van der Waals surface area contributed by atoms with Crippen molar-refractivity contribution in [3.8, 4) is 0 Å². The van der Waals surface area contributed by atoms with Crippen molar-refractivity contribution in [2.45, 2.75) is 93.7 Å². The van der Waals surface area contributed by atoms with E-state index in [9.17, 15) is 58.3 Å². The van der Waals surface area contributed by atoms with Crippen LogP contribution in [0.1, 0.15) is 73.3 Å². The van der Waals surface area contributed by atoms with Crippen LogP contribution >= 0.6 is 0 Å². The highest BCUT2D eigenvalue weighted by Gasteiger charge is 2.46. The van der Waals surface area contributed by atoms with Crippen molar-refractivity contribution in [3.05, 3.63) is 71.8 Å². The van der Waals surface area contributed by atoms with Gasteiger partial charge in [0.05, 0.1) is 13.5 Å². The third-order valence-electron chi connectivity index (χ3n) is 7.57. The van der Waals surface area contributed by atoms with Gasteiger partial charge in [0, 0.05) is 24.8 Å². The van der Waals surface area contributed by atoms with Crippen LogP contribution in [0.15, 0.2) is 60.7 Å².